The minimum absolute atomic E-state index is 0.00625. The zero-order valence-electron chi connectivity index (χ0n) is 12.2. The Morgan fingerprint density at radius 1 is 1.20 bits per heavy atom. The predicted octanol–water partition coefficient (Wildman–Crippen LogP) is 2.48. The van der Waals surface area contributed by atoms with Gasteiger partial charge in [0, 0.05) is 11.1 Å². The molecule has 1 rings (SSSR count). The molecular weight excluding hydrogens is 284 g/mol. The molecular formula is C13H20O6S. The van der Waals surface area contributed by atoms with Crippen molar-refractivity contribution in [2.45, 2.75) is 38.0 Å². The predicted molar refractivity (Wildman–Crippen MR) is 74.5 cm³/mol. The maximum Gasteiger partial charge on any atom is 0.298 e. The molecule has 1 unspecified atom stereocenters. The summed E-state index contributed by atoms with van der Waals surface area (Å²) in [5.41, 5.74) is 0.418. The zero-order chi connectivity index (χ0) is 15.7. The van der Waals surface area contributed by atoms with Crippen LogP contribution in [0.3, 0.4) is 0 Å². The second-order valence-corrected chi connectivity index (χ2v) is 5.93. The molecule has 7 heteroatoms. The normalized spacial score (nSPS) is 13.1. The molecule has 0 heterocycles. The summed E-state index contributed by atoms with van der Waals surface area (Å²) < 4.78 is 42.9. The molecule has 2 N–H and O–H groups in total. The van der Waals surface area contributed by atoms with Crippen molar-refractivity contribution in [1.29, 1.82) is 0 Å². The Balaban J connectivity index is 3.95. The number of rotatable bonds is 5. The van der Waals surface area contributed by atoms with Crippen molar-refractivity contribution in [3.63, 3.8) is 0 Å². The smallest absolute Gasteiger partial charge is 0.298 e. The molecule has 0 saturated carbocycles. The molecule has 6 nitrogen and oxygen atoms in total. The van der Waals surface area contributed by atoms with Crippen LogP contribution >= 0.6 is 0 Å². The van der Waals surface area contributed by atoms with E-state index in [-0.39, 0.29) is 28.7 Å². The Bertz CT molecular complexity index is 606. The van der Waals surface area contributed by atoms with Crippen molar-refractivity contribution in [2.75, 3.05) is 14.2 Å². The second-order valence-electron chi connectivity index (χ2n) is 4.57. The number of methoxy groups -OCH3 is 2. The van der Waals surface area contributed by atoms with Gasteiger partial charge in [-0.15, -0.1) is 0 Å². The Hall–Kier alpha value is -1.47. The van der Waals surface area contributed by atoms with Crippen molar-refractivity contribution in [3.05, 3.63) is 11.1 Å². The second kappa shape index (κ2) is 5.88. The molecule has 0 saturated heterocycles. The van der Waals surface area contributed by atoms with Crippen LogP contribution < -0.4 is 9.47 Å². The molecule has 0 aliphatic carbocycles. The van der Waals surface area contributed by atoms with Gasteiger partial charge in [-0.3, -0.25) is 4.55 Å². The van der Waals surface area contributed by atoms with Crippen LogP contribution in [0.15, 0.2) is 4.90 Å². The molecule has 0 aliphatic rings. The molecule has 1 aromatic carbocycles. The van der Waals surface area contributed by atoms with E-state index in [0.29, 0.717) is 12.0 Å². The lowest BCUT2D eigenvalue weighted by Crippen LogP contribution is -2.10. The molecule has 0 aromatic heterocycles. The van der Waals surface area contributed by atoms with Crippen LogP contribution in [0.1, 0.15) is 37.3 Å². The highest BCUT2D eigenvalue weighted by molar-refractivity contribution is 7.86. The van der Waals surface area contributed by atoms with Gasteiger partial charge in [-0.05, 0) is 19.3 Å². The zero-order valence-corrected chi connectivity index (χ0v) is 13.0. The SMILES string of the molecule is CCC(C)c1c(OC)c(O)c(C)c(S(=O)(=O)O)c1OC. The van der Waals surface area contributed by atoms with Gasteiger partial charge in [-0.2, -0.15) is 8.42 Å². The largest absolute Gasteiger partial charge is 0.504 e. The van der Waals surface area contributed by atoms with E-state index in [0.717, 1.165) is 0 Å². The fourth-order valence-electron chi connectivity index (χ4n) is 2.17. The van der Waals surface area contributed by atoms with Crippen LogP contribution in [-0.2, 0) is 10.1 Å². The van der Waals surface area contributed by atoms with Gasteiger partial charge in [-0.25, -0.2) is 0 Å². The van der Waals surface area contributed by atoms with Crippen LogP contribution in [0.4, 0.5) is 0 Å². The number of phenols is 1. The van der Waals surface area contributed by atoms with Gasteiger partial charge >= 0.3 is 0 Å². The average Bonchev–Trinajstić information content (AvgIpc) is 2.38. The molecule has 20 heavy (non-hydrogen) atoms. The summed E-state index contributed by atoms with van der Waals surface area (Å²) in [6.07, 6.45) is 0.681. The van der Waals surface area contributed by atoms with Crippen molar-refractivity contribution in [2.24, 2.45) is 0 Å². The van der Waals surface area contributed by atoms with E-state index in [1.54, 1.807) is 0 Å². The minimum atomic E-state index is -4.53. The highest BCUT2D eigenvalue weighted by Crippen LogP contribution is 2.48. The van der Waals surface area contributed by atoms with Crippen molar-refractivity contribution in [3.8, 4) is 17.2 Å². The Morgan fingerprint density at radius 2 is 1.70 bits per heavy atom. The number of hydrogen-bond donors (Lipinski definition) is 2. The third kappa shape index (κ3) is 2.69. The summed E-state index contributed by atoms with van der Waals surface area (Å²) in [5, 5.41) is 10.1. The lowest BCUT2D eigenvalue weighted by atomic mass is 9.94. The molecule has 0 amide bonds. The quantitative estimate of drug-likeness (QED) is 0.812. The molecule has 114 valence electrons. The lowest BCUT2D eigenvalue weighted by molar-refractivity contribution is 0.343. The van der Waals surface area contributed by atoms with Crippen molar-refractivity contribution in [1.82, 2.24) is 0 Å². The highest BCUT2D eigenvalue weighted by atomic mass is 32.2. The third-order valence-corrected chi connectivity index (χ3v) is 4.39. The summed E-state index contributed by atoms with van der Waals surface area (Å²) in [7, 11) is -1.84. The molecule has 0 spiro atoms. The first-order valence-corrected chi connectivity index (χ1v) is 7.59. The Kier molecular flexibility index (Phi) is 4.88. The summed E-state index contributed by atoms with van der Waals surface area (Å²) >= 11 is 0. The van der Waals surface area contributed by atoms with Crippen molar-refractivity contribution >= 4 is 10.1 Å². The summed E-state index contributed by atoms with van der Waals surface area (Å²) in [6, 6.07) is 0. The molecule has 1 aromatic rings. The van der Waals surface area contributed by atoms with E-state index in [4.69, 9.17) is 9.47 Å². The average molecular weight is 304 g/mol. The van der Waals surface area contributed by atoms with Crippen LogP contribution in [-0.4, -0.2) is 32.3 Å². The van der Waals surface area contributed by atoms with Crippen LogP contribution in [0, 0.1) is 6.92 Å². The molecule has 0 bridgehead atoms. The number of hydrogen-bond acceptors (Lipinski definition) is 5. The first-order chi connectivity index (χ1) is 9.20. The third-order valence-electron chi connectivity index (χ3n) is 3.38. The number of aromatic hydroxyl groups is 1. The van der Waals surface area contributed by atoms with Gasteiger partial charge in [0.05, 0.1) is 14.2 Å². The number of ether oxygens (including phenoxy) is 2. The topological polar surface area (TPSA) is 93.1 Å². The first kappa shape index (κ1) is 16.6. The van der Waals surface area contributed by atoms with E-state index in [2.05, 4.69) is 0 Å². The monoisotopic (exact) mass is 304 g/mol. The summed E-state index contributed by atoms with van der Waals surface area (Å²) in [6.45, 7) is 5.14. The van der Waals surface area contributed by atoms with Gasteiger partial charge in [0.25, 0.3) is 10.1 Å². The minimum Gasteiger partial charge on any atom is -0.504 e. The summed E-state index contributed by atoms with van der Waals surface area (Å²) in [4.78, 5) is -0.423. The Labute approximate surface area is 119 Å². The first-order valence-electron chi connectivity index (χ1n) is 6.15. The fraction of sp³-hybridized carbons (Fsp3) is 0.538. The fourth-order valence-corrected chi connectivity index (χ4v) is 3.08. The van der Waals surface area contributed by atoms with Gasteiger partial charge in [0.1, 0.15) is 10.6 Å². The maximum atomic E-state index is 11.6. The van der Waals surface area contributed by atoms with E-state index in [1.807, 2.05) is 13.8 Å². The molecule has 0 aliphatic heterocycles. The lowest BCUT2D eigenvalue weighted by Gasteiger charge is -2.22. The van der Waals surface area contributed by atoms with Gasteiger partial charge < -0.3 is 14.6 Å². The van der Waals surface area contributed by atoms with E-state index in [9.17, 15) is 18.1 Å². The van der Waals surface area contributed by atoms with Gasteiger partial charge in [0.2, 0.25) is 0 Å². The standard InChI is InChI=1S/C13H20O6S/c1-6-7(2)9-11(18-4)10(14)8(3)13(12(9)19-5)20(15,16)17/h7,14H,6H2,1-5H3,(H,15,16,17). The van der Waals surface area contributed by atoms with E-state index < -0.39 is 15.0 Å². The number of phenolic OH excluding ortho intramolecular Hbond substituents is 1. The molecule has 0 radical (unpaired) electrons. The highest BCUT2D eigenvalue weighted by Gasteiger charge is 2.31. The van der Waals surface area contributed by atoms with Crippen molar-refractivity contribution < 1.29 is 27.6 Å². The van der Waals surface area contributed by atoms with Crippen LogP contribution in [0.2, 0.25) is 0 Å². The van der Waals surface area contributed by atoms with E-state index >= 15 is 0 Å². The van der Waals surface area contributed by atoms with E-state index in [1.165, 1.54) is 21.1 Å². The summed E-state index contributed by atoms with van der Waals surface area (Å²) in [5.74, 6) is -0.252. The van der Waals surface area contributed by atoms with Crippen LogP contribution in [0.5, 0.6) is 17.2 Å². The van der Waals surface area contributed by atoms with Gasteiger partial charge in [0.15, 0.2) is 11.5 Å². The molecule has 0 fully saturated rings. The number of benzene rings is 1. The van der Waals surface area contributed by atoms with Crippen LogP contribution in [0.25, 0.3) is 0 Å². The van der Waals surface area contributed by atoms with Gasteiger partial charge in [-0.1, -0.05) is 13.8 Å². The maximum absolute atomic E-state index is 11.6. The Morgan fingerprint density at radius 3 is 2.05 bits per heavy atom. The molecule has 1 atom stereocenters.